The lowest BCUT2D eigenvalue weighted by Crippen LogP contribution is -2.39. The summed E-state index contributed by atoms with van der Waals surface area (Å²) in [5.74, 6) is 0. The second-order valence-electron chi connectivity index (χ2n) is 6.75. The molecule has 1 unspecified atom stereocenters. The Balaban J connectivity index is 1.38. The predicted octanol–water partition coefficient (Wildman–Crippen LogP) is 3.44. The summed E-state index contributed by atoms with van der Waals surface area (Å²) in [5.41, 5.74) is 1.22. The quantitative estimate of drug-likeness (QED) is 0.646. The molecule has 27 heavy (non-hydrogen) atoms. The highest BCUT2D eigenvalue weighted by atomic mass is 32.2. The van der Waals surface area contributed by atoms with Crippen molar-refractivity contribution < 1.29 is 13.2 Å². The molecule has 1 aromatic carbocycles. The van der Waals surface area contributed by atoms with Gasteiger partial charge >= 0.3 is 0 Å². The van der Waals surface area contributed by atoms with Gasteiger partial charge in [0.1, 0.15) is 4.21 Å². The summed E-state index contributed by atoms with van der Waals surface area (Å²) in [6, 6.07) is 13.9. The summed E-state index contributed by atoms with van der Waals surface area (Å²) >= 11 is 1.35. The monoisotopic (exact) mass is 408 g/mol. The van der Waals surface area contributed by atoms with E-state index in [2.05, 4.69) is 21.8 Å². The average molecular weight is 409 g/mol. The fraction of sp³-hybridized carbons (Fsp3) is 0.500. The molecule has 148 valence electrons. The van der Waals surface area contributed by atoms with Gasteiger partial charge in [0, 0.05) is 24.5 Å². The Morgan fingerprint density at radius 3 is 2.74 bits per heavy atom. The molecule has 1 atom stereocenters. The number of benzene rings is 1. The summed E-state index contributed by atoms with van der Waals surface area (Å²) in [6.45, 7) is 6.05. The number of thiophene rings is 1. The summed E-state index contributed by atoms with van der Waals surface area (Å²) in [6.07, 6.45) is 2.79. The molecule has 2 heterocycles. The SMILES string of the molecule is CCc1ccc(S(=O)(=O)NCCCCN2CCOC(c3ccccc3)C2)s1. The molecule has 1 aromatic heterocycles. The number of unbranched alkanes of at least 4 members (excludes halogenated alkanes) is 1. The maximum absolute atomic E-state index is 12.3. The van der Waals surface area contributed by atoms with Crippen LogP contribution in [0.4, 0.5) is 0 Å². The van der Waals surface area contributed by atoms with E-state index in [0.29, 0.717) is 10.8 Å². The van der Waals surface area contributed by atoms with Crippen LogP contribution in [0.25, 0.3) is 0 Å². The van der Waals surface area contributed by atoms with Crippen LogP contribution < -0.4 is 4.72 Å². The smallest absolute Gasteiger partial charge is 0.250 e. The molecule has 0 aliphatic carbocycles. The summed E-state index contributed by atoms with van der Waals surface area (Å²) in [7, 11) is -3.36. The third-order valence-corrected chi connectivity index (χ3v) is 7.95. The number of hydrogen-bond donors (Lipinski definition) is 1. The van der Waals surface area contributed by atoms with E-state index in [0.717, 1.165) is 50.4 Å². The molecular formula is C20H28N2O3S2. The van der Waals surface area contributed by atoms with Gasteiger partial charge in [-0.2, -0.15) is 0 Å². The zero-order chi connectivity index (χ0) is 19.1. The van der Waals surface area contributed by atoms with Crippen molar-refractivity contribution in [2.75, 3.05) is 32.8 Å². The first-order valence-electron chi connectivity index (χ1n) is 9.56. The molecule has 0 radical (unpaired) electrons. The van der Waals surface area contributed by atoms with Gasteiger partial charge in [0.25, 0.3) is 0 Å². The largest absolute Gasteiger partial charge is 0.371 e. The minimum Gasteiger partial charge on any atom is -0.371 e. The second kappa shape index (κ2) is 9.80. The van der Waals surface area contributed by atoms with Crippen LogP contribution in [0.1, 0.15) is 36.3 Å². The van der Waals surface area contributed by atoms with Crippen molar-refractivity contribution in [3.63, 3.8) is 0 Å². The Labute approximate surface area is 166 Å². The molecule has 7 heteroatoms. The van der Waals surface area contributed by atoms with Gasteiger partial charge in [-0.25, -0.2) is 13.1 Å². The van der Waals surface area contributed by atoms with Gasteiger partial charge in [-0.1, -0.05) is 37.3 Å². The van der Waals surface area contributed by atoms with Crippen molar-refractivity contribution in [2.45, 2.75) is 36.5 Å². The van der Waals surface area contributed by atoms with Gasteiger partial charge in [0.15, 0.2) is 0 Å². The minimum atomic E-state index is -3.36. The standard InChI is InChI=1S/C20H28N2O3S2/c1-2-18-10-11-20(26-18)27(23,24)21-12-6-7-13-22-14-15-25-19(16-22)17-8-4-3-5-9-17/h3-5,8-11,19,21H,2,6-7,12-16H2,1H3. The van der Waals surface area contributed by atoms with Crippen LogP contribution in [0.2, 0.25) is 0 Å². The second-order valence-corrected chi connectivity index (χ2v) is 9.91. The number of nitrogens with one attached hydrogen (secondary N) is 1. The molecule has 3 rings (SSSR count). The maximum atomic E-state index is 12.3. The van der Waals surface area contributed by atoms with Crippen molar-refractivity contribution in [1.29, 1.82) is 0 Å². The van der Waals surface area contributed by atoms with Crippen molar-refractivity contribution in [3.05, 3.63) is 52.9 Å². The van der Waals surface area contributed by atoms with E-state index >= 15 is 0 Å². The average Bonchev–Trinajstić information content (AvgIpc) is 3.19. The molecular weight excluding hydrogens is 380 g/mol. The minimum absolute atomic E-state index is 0.130. The van der Waals surface area contributed by atoms with Crippen molar-refractivity contribution in [1.82, 2.24) is 9.62 Å². The van der Waals surface area contributed by atoms with Crippen LogP contribution in [0.3, 0.4) is 0 Å². The van der Waals surface area contributed by atoms with E-state index in [1.165, 1.54) is 16.9 Å². The number of hydrogen-bond acceptors (Lipinski definition) is 5. The number of morpholine rings is 1. The molecule has 1 fully saturated rings. The Kier molecular flexibility index (Phi) is 7.43. The molecule has 0 saturated carbocycles. The van der Waals surface area contributed by atoms with Crippen LogP contribution in [0, 0.1) is 0 Å². The van der Waals surface area contributed by atoms with Gasteiger partial charge < -0.3 is 4.74 Å². The number of aryl methyl sites for hydroxylation is 1. The maximum Gasteiger partial charge on any atom is 0.250 e. The zero-order valence-corrected chi connectivity index (χ0v) is 17.4. The van der Waals surface area contributed by atoms with Crippen molar-refractivity contribution >= 4 is 21.4 Å². The van der Waals surface area contributed by atoms with E-state index < -0.39 is 10.0 Å². The fourth-order valence-electron chi connectivity index (χ4n) is 3.21. The Morgan fingerprint density at radius 1 is 1.19 bits per heavy atom. The first-order chi connectivity index (χ1) is 13.1. The lowest BCUT2D eigenvalue weighted by atomic mass is 10.1. The van der Waals surface area contributed by atoms with Crippen LogP contribution in [-0.4, -0.2) is 46.1 Å². The van der Waals surface area contributed by atoms with E-state index in [1.54, 1.807) is 6.07 Å². The molecule has 0 spiro atoms. The molecule has 0 amide bonds. The predicted molar refractivity (Wildman–Crippen MR) is 110 cm³/mol. The van der Waals surface area contributed by atoms with E-state index in [-0.39, 0.29) is 6.10 Å². The van der Waals surface area contributed by atoms with Gasteiger partial charge in [-0.15, -0.1) is 11.3 Å². The van der Waals surface area contributed by atoms with Crippen LogP contribution in [0.5, 0.6) is 0 Å². The lowest BCUT2D eigenvalue weighted by molar-refractivity contribution is -0.0303. The number of rotatable bonds is 9. The molecule has 1 N–H and O–H groups in total. The Hall–Kier alpha value is -1.25. The van der Waals surface area contributed by atoms with E-state index in [9.17, 15) is 8.42 Å². The van der Waals surface area contributed by atoms with Crippen LogP contribution in [-0.2, 0) is 21.2 Å². The normalized spacial score (nSPS) is 18.6. The molecule has 1 aliphatic heterocycles. The topological polar surface area (TPSA) is 58.6 Å². The van der Waals surface area contributed by atoms with Gasteiger partial charge in [-0.05, 0) is 43.5 Å². The highest BCUT2D eigenvalue weighted by Crippen LogP contribution is 2.23. The number of ether oxygens (including phenoxy) is 1. The summed E-state index contributed by atoms with van der Waals surface area (Å²) in [4.78, 5) is 3.50. The Bertz CT molecular complexity index is 806. The molecule has 5 nitrogen and oxygen atoms in total. The van der Waals surface area contributed by atoms with E-state index in [4.69, 9.17) is 4.74 Å². The van der Waals surface area contributed by atoms with Gasteiger partial charge in [0.05, 0.1) is 12.7 Å². The first kappa shape index (κ1) is 20.5. The molecule has 2 aromatic rings. The van der Waals surface area contributed by atoms with Crippen LogP contribution >= 0.6 is 11.3 Å². The third kappa shape index (κ3) is 5.86. The number of sulfonamides is 1. The molecule has 1 aliphatic rings. The molecule has 0 bridgehead atoms. The Morgan fingerprint density at radius 2 is 2.00 bits per heavy atom. The molecule has 1 saturated heterocycles. The van der Waals surface area contributed by atoms with Crippen molar-refractivity contribution in [3.8, 4) is 0 Å². The summed E-state index contributed by atoms with van der Waals surface area (Å²) in [5, 5.41) is 0. The van der Waals surface area contributed by atoms with Gasteiger partial charge in [-0.3, -0.25) is 4.90 Å². The lowest BCUT2D eigenvalue weighted by Gasteiger charge is -2.33. The van der Waals surface area contributed by atoms with Crippen molar-refractivity contribution in [2.24, 2.45) is 0 Å². The van der Waals surface area contributed by atoms with E-state index in [1.807, 2.05) is 31.2 Å². The van der Waals surface area contributed by atoms with Crippen LogP contribution in [0.15, 0.2) is 46.7 Å². The summed E-state index contributed by atoms with van der Waals surface area (Å²) < 4.78 is 33.6. The van der Waals surface area contributed by atoms with Gasteiger partial charge in [0.2, 0.25) is 10.0 Å². The highest BCUT2D eigenvalue weighted by molar-refractivity contribution is 7.91. The first-order valence-corrected chi connectivity index (χ1v) is 11.9. The zero-order valence-electron chi connectivity index (χ0n) is 15.8. The highest BCUT2D eigenvalue weighted by Gasteiger charge is 2.21. The fourth-order valence-corrected chi connectivity index (χ4v) is 5.62. The number of nitrogens with zero attached hydrogens (tertiary/aromatic N) is 1. The third-order valence-electron chi connectivity index (χ3n) is 4.77.